The van der Waals surface area contributed by atoms with Crippen LogP contribution in [0.1, 0.15) is 33.6 Å². The van der Waals surface area contributed by atoms with Gasteiger partial charge in [0.1, 0.15) is 5.82 Å². The Morgan fingerprint density at radius 2 is 2.15 bits per heavy atom. The number of benzene rings is 1. The molecule has 3 unspecified atom stereocenters. The van der Waals surface area contributed by atoms with Crippen molar-refractivity contribution in [3.8, 4) is 0 Å². The molecular formula is C16H24BrFN2. The zero-order chi connectivity index (χ0) is 14.7. The number of halogens is 2. The number of rotatable bonds is 4. The van der Waals surface area contributed by atoms with Gasteiger partial charge in [-0.15, -0.1) is 0 Å². The van der Waals surface area contributed by atoms with Gasteiger partial charge < -0.3 is 10.2 Å². The molecule has 0 aliphatic carbocycles. The van der Waals surface area contributed by atoms with Crippen molar-refractivity contribution in [3.05, 3.63) is 28.5 Å². The van der Waals surface area contributed by atoms with Gasteiger partial charge in [0.15, 0.2) is 0 Å². The van der Waals surface area contributed by atoms with E-state index in [1.54, 1.807) is 12.1 Å². The van der Waals surface area contributed by atoms with Gasteiger partial charge in [-0.3, -0.25) is 0 Å². The van der Waals surface area contributed by atoms with E-state index in [0.717, 1.165) is 29.7 Å². The van der Waals surface area contributed by atoms with E-state index in [-0.39, 0.29) is 5.82 Å². The molecule has 0 amide bonds. The SMILES string of the molecule is CCCNC1CCN(c2ccc(F)cc2Br)C(C)C1C. The van der Waals surface area contributed by atoms with Gasteiger partial charge in [-0.2, -0.15) is 0 Å². The second-order valence-electron chi connectivity index (χ2n) is 5.74. The average molecular weight is 343 g/mol. The summed E-state index contributed by atoms with van der Waals surface area (Å²) in [7, 11) is 0. The second kappa shape index (κ2) is 6.90. The third-order valence-corrected chi connectivity index (χ3v) is 5.08. The summed E-state index contributed by atoms with van der Waals surface area (Å²) in [6.45, 7) is 8.87. The Bertz CT molecular complexity index is 452. The topological polar surface area (TPSA) is 15.3 Å². The molecular weight excluding hydrogens is 319 g/mol. The minimum atomic E-state index is -0.194. The monoisotopic (exact) mass is 342 g/mol. The van der Waals surface area contributed by atoms with E-state index < -0.39 is 0 Å². The largest absolute Gasteiger partial charge is 0.368 e. The molecule has 2 nitrogen and oxygen atoms in total. The van der Waals surface area contributed by atoms with Gasteiger partial charge in [0.2, 0.25) is 0 Å². The van der Waals surface area contributed by atoms with E-state index in [0.29, 0.717) is 18.0 Å². The number of nitrogens with one attached hydrogen (secondary N) is 1. The lowest BCUT2D eigenvalue weighted by molar-refractivity contribution is 0.271. The summed E-state index contributed by atoms with van der Waals surface area (Å²) in [6.07, 6.45) is 2.31. The standard InChI is InChI=1S/C16H24BrFN2/c1-4-8-19-15-7-9-20(12(3)11(15)2)16-6-5-13(18)10-14(16)17/h5-6,10-12,15,19H,4,7-9H2,1-3H3. The summed E-state index contributed by atoms with van der Waals surface area (Å²) in [5.41, 5.74) is 1.10. The van der Waals surface area contributed by atoms with Gasteiger partial charge in [-0.25, -0.2) is 4.39 Å². The smallest absolute Gasteiger partial charge is 0.124 e. The molecule has 0 bridgehead atoms. The molecule has 1 saturated heterocycles. The van der Waals surface area contributed by atoms with Gasteiger partial charge in [-0.05, 0) is 66.4 Å². The molecule has 112 valence electrons. The Morgan fingerprint density at radius 3 is 2.80 bits per heavy atom. The first-order chi connectivity index (χ1) is 9.54. The molecule has 4 heteroatoms. The molecule has 1 N–H and O–H groups in total. The first-order valence-corrected chi connectivity index (χ1v) is 8.29. The third-order valence-electron chi connectivity index (χ3n) is 4.44. The van der Waals surface area contributed by atoms with Crippen molar-refractivity contribution in [3.63, 3.8) is 0 Å². The van der Waals surface area contributed by atoms with Gasteiger partial charge in [0, 0.05) is 23.1 Å². The molecule has 0 radical (unpaired) electrons. The van der Waals surface area contributed by atoms with Crippen LogP contribution in [-0.2, 0) is 0 Å². The number of hydrogen-bond acceptors (Lipinski definition) is 2. The Labute approximate surface area is 129 Å². The number of anilines is 1. The highest BCUT2D eigenvalue weighted by atomic mass is 79.9. The molecule has 1 aromatic carbocycles. The zero-order valence-electron chi connectivity index (χ0n) is 12.5. The normalized spacial score (nSPS) is 26.9. The van der Waals surface area contributed by atoms with E-state index in [4.69, 9.17) is 0 Å². The van der Waals surface area contributed by atoms with E-state index >= 15 is 0 Å². The second-order valence-corrected chi connectivity index (χ2v) is 6.59. The zero-order valence-corrected chi connectivity index (χ0v) is 14.1. The minimum absolute atomic E-state index is 0.194. The lowest BCUT2D eigenvalue weighted by Crippen LogP contribution is -2.53. The van der Waals surface area contributed by atoms with Crippen LogP contribution in [0.15, 0.2) is 22.7 Å². The van der Waals surface area contributed by atoms with Gasteiger partial charge in [0.25, 0.3) is 0 Å². The maximum atomic E-state index is 13.2. The Hall–Kier alpha value is -0.610. The van der Waals surface area contributed by atoms with E-state index in [1.165, 1.54) is 6.42 Å². The molecule has 1 fully saturated rings. The van der Waals surface area contributed by atoms with Crippen molar-refractivity contribution in [2.24, 2.45) is 5.92 Å². The van der Waals surface area contributed by atoms with Crippen LogP contribution in [-0.4, -0.2) is 25.2 Å². The van der Waals surface area contributed by atoms with Gasteiger partial charge in [-0.1, -0.05) is 13.8 Å². The maximum Gasteiger partial charge on any atom is 0.124 e. The van der Waals surface area contributed by atoms with Crippen LogP contribution >= 0.6 is 15.9 Å². The van der Waals surface area contributed by atoms with Crippen molar-refractivity contribution in [1.29, 1.82) is 0 Å². The highest BCUT2D eigenvalue weighted by Crippen LogP contribution is 2.34. The van der Waals surface area contributed by atoms with E-state index in [1.807, 2.05) is 6.07 Å². The summed E-state index contributed by atoms with van der Waals surface area (Å²) < 4.78 is 14.1. The summed E-state index contributed by atoms with van der Waals surface area (Å²) >= 11 is 3.49. The predicted octanol–water partition coefficient (Wildman–Crippen LogP) is 4.19. The molecule has 0 aromatic heterocycles. The summed E-state index contributed by atoms with van der Waals surface area (Å²) in [5, 5.41) is 3.65. The Kier molecular flexibility index (Phi) is 5.44. The van der Waals surface area contributed by atoms with Crippen molar-refractivity contribution < 1.29 is 4.39 Å². The average Bonchev–Trinajstić information content (AvgIpc) is 2.41. The highest BCUT2D eigenvalue weighted by Gasteiger charge is 2.32. The first kappa shape index (κ1) is 15.8. The number of piperidine rings is 1. The highest BCUT2D eigenvalue weighted by molar-refractivity contribution is 9.10. The van der Waals surface area contributed by atoms with Crippen molar-refractivity contribution in [1.82, 2.24) is 5.32 Å². The maximum absolute atomic E-state index is 13.2. The minimum Gasteiger partial charge on any atom is -0.368 e. The number of hydrogen-bond donors (Lipinski definition) is 1. The van der Waals surface area contributed by atoms with Crippen LogP contribution in [0.4, 0.5) is 10.1 Å². The fourth-order valence-corrected chi connectivity index (χ4v) is 3.62. The van der Waals surface area contributed by atoms with E-state index in [2.05, 4.69) is 46.9 Å². The predicted molar refractivity (Wildman–Crippen MR) is 86.8 cm³/mol. The van der Waals surface area contributed by atoms with Crippen LogP contribution in [0.5, 0.6) is 0 Å². The first-order valence-electron chi connectivity index (χ1n) is 7.49. The lowest BCUT2D eigenvalue weighted by atomic mass is 9.86. The fraction of sp³-hybridized carbons (Fsp3) is 0.625. The molecule has 3 atom stereocenters. The molecule has 2 rings (SSSR count). The van der Waals surface area contributed by atoms with Crippen molar-refractivity contribution in [2.45, 2.75) is 45.7 Å². The third kappa shape index (κ3) is 3.34. The van der Waals surface area contributed by atoms with Crippen LogP contribution in [0.3, 0.4) is 0 Å². The molecule has 0 spiro atoms. The molecule has 20 heavy (non-hydrogen) atoms. The fourth-order valence-electron chi connectivity index (χ4n) is 3.04. The molecule has 1 aliphatic rings. The van der Waals surface area contributed by atoms with Crippen molar-refractivity contribution >= 4 is 21.6 Å². The summed E-state index contributed by atoms with van der Waals surface area (Å²) in [5.74, 6) is 0.382. The Balaban J connectivity index is 2.11. The molecule has 0 saturated carbocycles. The quantitative estimate of drug-likeness (QED) is 0.882. The van der Waals surface area contributed by atoms with Crippen LogP contribution in [0, 0.1) is 11.7 Å². The lowest BCUT2D eigenvalue weighted by Gasteiger charge is -2.44. The van der Waals surface area contributed by atoms with Crippen LogP contribution in [0.25, 0.3) is 0 Å². The van der Waals surface area contributed by atoms with Crippen LogP contribution < -0.4 is 10.2 Å². The van der Waals surface area contributed by atoms with Crippen LogP contribution in [0.2, 0.25) is 0 Å². The molecule has 1 heterocycles. The number of nitrogens with zero attached hydrogens (tertiary/aromatic N) is 1. The molecule has 1 aliphatic heterocycles. The summed E-state index contributed by atoms with van der Waals surface area (Å²) in [4.78, 5) is 2.39. The summed E-state index contributed by atoms with van der Waals surface area (Å²) in [6, 6.07) is 6.00. The van der Waals surface area contributed by atoms with E-state index in [9.17, 15) is 4.39 Å². The Morgan fingerprint density at radius 1 is 1.40 bits per heavy atom. The van der Waals surface area contributed by atoms with Gasteiger partial charge in [0.05, 0.1) is 5.69 Å². The van der Waals surface area contributed by atoms with Gasteiger partial charge >= 0.3 is 0 Å². The molecule has 1 aromatic rings. The van der Waals surface area contributed by atoms with Crippen molar-refractivity contribution in [2.75, 3.05) is 18.0 Å².